The van der Waals surface area contributed by atoms with E-state index in [0.717, 1.165) is 47.4 Å². The number of benzene rings is 1. The van der Waals surface area contributed by atoms with E-state index in [2.05, 4.69) is 26.8 Å². The third kappa shape index (κ3) is 4.23. The number of ether oxygens (including phenoxy) is 4. The number of aromatic nitrogens is 2. The van der Waals surface area contributed by atoms with Crippen molar-refractivity contribution in [1.82, 2.24) is 9.97 Å². The zero-order valence-electron chi connectivity index (χ0n) is 17.9. The highest BCUT2D eigenvalue weighted by atomic mass is 16.8. The minimum atomic E-state index is -0.121. The van der Waals surface area contributed by atoms with Crippen LogP contribution in [0, 0.1) is 6.92 Å². The topological polar surface area (TPSA) is 69.3 Å². The van der Waals surface area contributed by atoms with Gasteiger partial charge in [0, 0.05) is 11.1 Å². The van der Waals surface area contributed by atoms with Gasteiger partial charge in [0.15, 0.2) is 5.82 Å². The lowest BCUT2D eigenvalue weighted by molar-refractivity contribution is 0.177. The van der Waals surface area contributed by atoms with Gasteiger partial charge >= 0.3 is 0 Å². The monoisotopic (exact) mass is 398 g/mol. The van der Waals surface area contributed by atoms with E-state index in [-0.39, 0.29) is 18.5 Å². The fraction of sp³-hybridized carbons (Fsp3) is 0.565. The highest BCUT2D eigenvalue weighted by Gasteiger charge is 2.40. The third-order valence-electron chi connectivity index (χ3n) is 5.66. The minimum Gasteiger partial charge on any atom is -0.481 e. The second-order valence-corrected chi connectivity index (χ2v) is 7.92. The van der Waals surface area contributed by atoms with Crippen LogP contribution in [0.25, 0.3) is 11.4 Å². The average Bonchev–Trinajstić information content (AvgIpc) is 3.65. The first-order valence-corrected chi connectivity index (χ1v) is 10.6. The number of hydrogen-bond acceptors (Lipinski definition) is 6. The summed E-state index contributed by atoms with van der Waals surface area (Å²) in [4.78, 5) is 9.61. The summed E-state index contributed by atoms with van der Waals surface area (Å²) in [6, 6.07) is 6.03. The Hall–Kier alpha value is -2.18. The lowest BCUT2D eigenvalue weighted by atomic mass is 9.96. The molecule has 6 heteroatoms. The molecule has 3 heterocycles. The van der Waals surface area contributed by atoms with E-state index < -0.39 is 0 Å². The van der Waals surface area contributed by atoms with Crippen molar-refractivity contribution in [2.45, 2.75) is 71.4 Å². The Kier molecular flexibility index (Phi) is 5.74. The molecule has 2 saturated heterocycles. The van der Waals surface area contributed by atoms with Crippen molar-refractivity contribution in [1.29, 1.82) is 0 Å². The fourth-order valence-electron chi connectivity index (χ4n) is 3.63. The first kappa shape index (κ1) is 20.1. The van der Waals surface area contributed by atoms with Crippen LogP contribution >= 0.6 is 0 Å². The third-order valence-corrected chi connectivity index (χ3v) is 5.66. The SMILES string of the molecule is CCC[C@@H]1O[C@H]1Oc1ccc(-c2nc(OC)c([C@@H](C)CC)c([C@H]3CO3)n2)cc1C. The molecule has 2 aliphatic rings. The highest BCUT2D eigenvalue weighted by molar-refractivity contribution is 5.60. The Bertz CT molecular complexity index is 881. The summed E-state index contributed by atoms with van der Waals surface area (Å²) in [6.45, 7) is 9.22. The first-order chi connectivity index (χ1) is 14.0. The maximum absolute atomic E-state index is 5.99. The summed E-state index contributed by atoms with van der Waals surface area (Å²) in [5.74, 6) is 2.44. The van der Waals surface area contributed by atoms with Gasteiger partial charge in [0.2, 0.25) is 12.2 Å². The molecule has 0 aliphatic carbocycles. The molecule has 0 radical (unpaired) electrons. The van der Waals surface area contributed by atoms with Crippen LogP contribution in [0.1, 0.15) is 68.9 Å². The van der Waals surface area contributed by atoms with E-state index in [0.29, 0.717) is 24.2 Å². The van der Waals surface area contributed by atoms with Gasteiger partial charge in [-0.3, -0.25) is 0 Å². The van der Waals surface area contributed by atoms with Gasteiger partial charge in [0.25, 0.3) is 0 Å². The van der Waals surface area contributed by atoms with E-state index in [1.165, 1.54) is 0 Å². The van der Waals surface area contributed by atoms with Gasteiger partial charge in [0.1, 0.15) is 18.0 Å². The Balaban J connectivity index is 1.62. The van der Waals surface area contributed by atoms with Crippen LogP contribution in [-0.2, 0) is 9.47 Å². The quantitative estimate of drug-likeness (QED) is 0.557. The van der Waals surface area contributed by atoms with Crippen molar-refractivity contribution in [3.8, 4) is 23.0 Å². The van der Waals surface area contributed by atoms with E-state index >= 15 is 0 Å². The van der Waals surface area contributed by atoms with Gasteiger partial charge in [-0.2, -0.15) is 4.98 Å². The molecule has 156 valence electrons. The maximum Gasteiger partial charge on any atom is 0.227 e. The van der Waals surface area contributed by atoms with Gasteiger partial charge in [0.05, 0.1) is 19.4 Å². The number of rotatable bonds is 9. The van der Waals surface area contributed by atoms with Crippen molar-refractivity contribution < 1.29 is 18.9 Å². The molecule has 2 aliphatic heterocycles. The van der Waals surface area contributed by atoms with Crippen LogP contribution in [-0.4, -0.2) is 36.1 Å². The molecule has 1 aromatic heterocycles. The van der Waals surface area contributed by atoms with Crippen LogP contribution in [0.3, 0.4) is 0 Å². The number of aryl methyl sites for hydroxylation is 1. The lowest BCUT2D eigenvalue weighted by Crippen LogP contribution is -2.08. The standard InChI is InChI=1S/C23H30N2O4/c1-6-8-17-23(29-17)28-16-10-9-15(11-14(16)4)21-24-20(18-12-27-18)19(13(3)7-2)22(25-21)26-5/h9-11,13,17-18,23H,6-8,12H2,1-5H3/t13-,17-,18+,23+/m0/s1. The number of hydrogen-bond donors (Lipinski definition) is 0. The molecule has 0 unspecified atom stereocenters. The second-order valence-electron chi connectivity index (χ2n) is 7.92. The second kappa shape index (κ2) is 8.28. The maximum atomic E-state index is 5.99. The van der Waals surface area contributed by atoms with Crippen molar-refractivity contribution >= 4 is 0 Å². The normalized spacial score (nSPS) is 23.6. The Labute approximate surface area is 172 Å². The van der Waals surface area contributed by atoms with E-state index in [9.17, 15) is 0 Å². The molecule has 6 nitrogen and oxygen atoms in total. The largest absolute Gasteiger partial charge is 0.481 e. The zero-order chi connectivity index (χ0) is 20.5. The summed E-state index contributed by atoms with van der Waals surface area (Å²) in [7, 11) is 1.67. The van der Waals surface area contributed by atoms with E-state index in [4.69, 9.17) is 28.9 Å². The van der Waals surface area contributed by atoms with Gasteiger partial charge in [-0.15, -0.1) is 0 Å². The molecule has 0 saturated carbocycles. The van der Waals surface area contributed by atoms with Gasteiger partial charge in [-0.05, 0) is 49.4 Å². The van der Waals surface area contributed by atoms with Crippen LogP contribution in [0.2, 0.25) is 0 Å². The predicted molar refractivity (Wildman–Crippen MR) is 110 cm³/mol. The molecule has 4 atom stereocenters. The Morgan fingerprint density at radius 2 is 2.03 bits per heavy atom. The summed E-state index contributed by atoms with van der Waals surface area (Å²) < 4.78 is 22.8. The molecule has 29 heavy (non-hydrogen) atoms. The molecule has 0 N–H and O–H groups in total. The van der Waals surface area contributed by atoms with Crippen molar-refractivity contribution in [3.05, 3.63) is 35.0 Å². The van der Waals surface area contributed by atoms with Gasteiger partial charge in [-0.1, -0.05) is 27.2 Å². The minimum absolute atomic E-state index is 0.0425. The summed E-state index contributed by atoms with van der Waals surface area (Å²) >= 11 is 0. The molecular weight excluding hydrogens is 368 g/mol. The summed E-state index contributed by atoms with van der Waals surface area (Å²) in [5, 5.41) is 0. The van der Waals surface area contributed by atoms with Crippen LogP contribution in [0.15, 0.2) is 18.2 Å². The van der Waals surface area contributed by atoms with Gasteiger partial charge in [-0.25, -0.2) is 4.98 Å². The predicted octanol–water partition coefficient (Wildman–Crippen LogP) is 4.95. The molecule has 0 spiro atoms. The Morgan fingerprint density at radius 1 is 1.24 bits per heavy atom. The Morgan fingerprint density at radius 3 is 2.66 bits per heavy atom. The van der Waals surface area contributed by atoms with Crippen molar-refractivity contribution in [2.75, 3.05) is 13.7 Å². The van der Waals surface area contributed by atoms with Crippen LogP contribution in [0.4, 0.5) is 0 Å². The van der Waals surface area contributed by atoms with Crippen LogP contribution < -0.4 is 9.47 Å². The highest BCUT2D eigenvalue weighted by Crippen LogP contribution is 2.40. The summed E-state index contributed by atoms with van der Waals surface area (Å²) in [5.41, 5.74) is 3.98. The molecule has 0 bridgehead atoms. The van der Waals surface area contributed by atoms with E-state index in [1.807, 2.05) is 19.1 Å². The summed E-state index contributed by atoms with van der Waals surface area (Å²) in [6.07, 6.45) is 3.27. The fourth-order valence-corrected chi connectivity index (χ4v) is 3.63. The average molecular weight is 399 g/mol. The zero-order valence-corrected chi connectivity index (χ0v) is 17.9. The molecule has 4 rings (SSSR count). The number of nitrogens with zero attached hydrogens (tertiary/aromatic N) is 2. The molecule has 1 aromatic carbocycles. The smallest absolute Gasteiger partial charge is 0.227 e. The van der Waals surface area contributed by atoms with Crippen molar-refractivity contribution in [3.63, 3.8) is 0 Å². The van der Waals surface area contributed by atoms with Gasteiger partial charge < -0.3 is 18.9 Å². The number of methoxy groups -OCH3 is 1. The van der Waals surface area contributed by atoms with E-state index in [1.54, 1.807) is 7.11 Å². The van der Waals surface area contributed by atoms with Crippen molar-refractivity contribution in [2.24, 2.45) is 0 Å². The molecule has 2 aromatic rings. The lowest BCUT2D eigenvalue weighted by Gasteiger charge is -2.18. The first-order valence-electron chi connectivity index (χ1n) is 10.6. The van der Waals surface area contributed by atoms with Crippen LogP contribution in [0.5, 0.6) is 11.6 Å². The molecular formula is C23H30N2O4. The molecule has 0 amide bonds. The number of epoxide rings is 2. The molecule has 2 fully saturated rings.